The molecule has 118 valence electrons. The third-order valence-corrected chi connectivity index (χ3v) is 4.00. The Morgan fingerprint density at radius 3 is 2.77 bits per heavy atom. The molecule has 0 amide bonds. The summed E-state index contributed by atoms with van der Waals surface area (Å²) in [5, 5.41) is 14.6. The molecule has 5 nitrogen and oxygen atoms in total. The summed E-state index contributed by atoms with van der Waals surface area (Å²) in [6.07, 6.45) is 5.98. The number of aromatic nitrogens is 2. The zero-order chi connectivity index (χ0) is 15.7. The van der Waals surface area contributed by atoms with Gasteiger partial charge in [-0.3, -0.25) is 4.98 Å². The standard InChI is InChI=1S/C16H20ClN3O2/c1-16(2,20-5-6-21)15-11-7-14(17)18-8-12(11)13(9-19-15)22-10-3-4-10/h7-10,20-21H,3-6H2,1-2H3. The molecule has 1 aliphatic carbocycles. The molecule has 0 aliphatic heterocycles. The van der Waals surface area contributed by atoms with Crippen LogP contribution in [0.4, 0.5) is 0 Å². The zero-order valence-electron chi connectivity index (χ0n) is 12.8. The van der Waals surface area contributed by atoms with Crippen molar-refractivity contribution in [1.82, 2.24) is 15.3 Å². The van der Waals surface area contributed by atoms with Gasteiger partial charge in [-0.15, -0.1) is 0 Å². The van der Waals surface area contributed by atoms with E-state index in [0.717, 1.165) is 35.1 Å². The Morgan fingerprint density at radius 1 is 1.32 bits per heavy atom. The average Bonchev–Trinajstić information content (AvgIpc) is 3.29. The number of rotatable bonds is 6. The maximum Gasteiger partial charge on any atom is 0.147 e. The summed E-state index contributed by atoms with van der Waals surface area (Å²) in [5.41, 5.74) is 0.465. The number of fused-ring (bicyclic) bond motifs is 1. The van der Waals surface area contributed by atoms with Crippen molar-refractivity contribution in [3.8, 4) is 5.75 Å². The minimum Gasteiger partial charge on any atom is -0.488 e. The molecule has 0 bridgehead atoms. The molecular formula is C16H20ClN3O2. The summed E-state index contributed by atoms with van der Waals surface area (Å²) >= 11 is 6.08. The lowest BCUT2D eigenvalue weighted by molar-refractivity contribution is 0.265. The molecule has 1 fully saturated rings. The van der Waals surface area contributed by atoms with E-state index in [-0.39, 0.29) is 6.61 Å². The van der Waals surface area contributed by atoms with Gasteiger partial charge in [0.2, 0.25) is 0 Å². The Morgan fingerprint density at radius 2 is 2.09 bits per heavy atom. The molecule has 22 heavy (non-hydrogen) atoms. The topological polar surface area (TPSA) is 67.3 Å². The van der Waals surface area contributed by atoms with E-state index in [4.69, 9.17) is 21.4 Å². The lowest BCUT2D eigenvalue weighted by atomic mass is 9.95. The van der Waals surface area contributed by atoms with Crippen LogP contribution < -0.4 is 10.1 Å². The van der Waals surface area contributed by atoms with Crippen molar-refractivity contribution in [2.24, 2.45) is 0 Å². The van der Waals surface area contributed by atoms with Gasteiger partial charge in [-0.2, -0.15) is 0 Å². The van der Waals surface area contributed by atoms with Crippen LogP contribution >= 0.6 is 11.6 Å². The van der Waals surface area contributed by atoms with E-state index in [0.29, 0.717) is 17.8 Å². The van der Waals surface area contributed by atoms with Crippen molar-refractivity contribution in [3.05, 3.63) is 29.3 Å². The Balaban J connectivity index is 2.08. The number of nitrogens with one attached hydrogen (secondary N) is 1. The number of aliphatic hydroxyl groups is 1. The molecule has 3 rings (SSSR count). The molecular weight excluding hydrogens is 302 g/mol. The second-order valence-electron chi connectivity index (χ2n) is 6.12. The van der Waals surface area contributed by atoms with E-state index in [2.05, 4.69) is 15.3 Å². The summed E-state index contributed by atoms with van der Waals surface area (Å²) < 4.78 is 5.92. The molecule has 0 aromatic carbocycles. The van der Waals surface area contributed by atoms with E-state index in [1.54, 1.807) is 12.4 Å². The van der Waals surface area contributed by atoms with E-state index in [9.17, 15) is 0 Å². The molecule has 6 heteroatoms. The van der Waals surface area contributed by atoms with Crippen LogP contribution in [0.3, 0.4) is 0 Å². The molecule has 2 aromatic heterocycles. The van der Waals surface area contributed by atoms with Crippen LogP contribution in [-0.4, -0.2) is 34.3 Å². The van der Waals surface area contributed by atoms with Crippen LogP contribution in [0.1, 0.15) is 32.4 Å². The molecule has 0 spiro atoms. The van der Waals surface area contributed by atoms with Crippen LogP contribution in [-0.2, 0) is 5.54 Å². The smallest absolute Gasteiger partial charge is 0.147 e. The quantitative estimate of drug-likeness (QED) is 0.801. The van der Waals surface area contributed by atoms with Crippen molar-refractivity contribution in [3.63, 3.8) is 0 Å². The number of ether oxygens (including phenoxy) is 1. The molecule has 2 N–H and O–H groups in total. The first kappa shape index (κ1) is 15.5. The Kier molecular flexibility index (Phi) is 4.21. The maximum absolute atomic E-state index is 9.05. The summed E-state index contributed by atoms with van der Waals surface area (Å²) in [6.45, 7) is 4.63. The predicted octanol–water partition coefficient (Wildman–Crippen LogP) is 2.64. The SMILES string of the molecule is CC(C)(NCCO)c1ncc(OC2CC2)c2cnc(Cl)cc12. The van der Waals surface area contributed by atoms with Gasteiger partial charge in [0.25, 0.3) is 0 Å². The van der Waals surface area contributed by atoms with Crippen molar-refractivity contribution >= 4 is 22.4 Å². The number of pyridine rings is 2. The highest BCUT2D eigenvalue weighted by Gasteiger charge is 2.28. The van der Waals surface area contributed by atoms with Crippen LogP contribution in [0.5, 0.6) is 5.75 Å². The van der Waals surface area contributed by atoms with Gasteiger partial charge in [0.1, 0.15) is 10.9 Å². The van der Waals surface area contributed by atoms with Crippen molar-refractivity contribution < 1.29 is 9.84 Å². The fourth-order valence-electron chi connectivity index (χ4n) is 2.49. The second-order valence-corrected chi connectivity index (χ2v) is 6.50. The largest absolute Gasteiger partial charge is 0.488 e. The molecule has 2 heterocycles. The van der Waals surface area contributed by atoms with Gasteiger partial charge >= 0.3 is 0 Å². The first-order valence-corrected chi connectivity index (χ1v) is 7.86. The Hall–Kier alpha value is -1.43. The van der Waals surface area contributed by atoms with E-state index >= 15 is 0 Å². The van der Waals surface area contributed by atoms with Crippen LogP contribution in [0.15, 0.2) is 18.5 Å². The molecule has 0 radical (unpaired) electrons. The third kappa shape index (κ3) is 3.16. The van der Waals surface area contributed by atoms with Crippen LogP contribution in [0.2, 0.25) is 5.15 Å². The van der Waals surface area contributed by atoms with Crippen molar-refractivity contribution in [2.75, 3.05) is 13.2 Å². The van der Waals surface area contributed by atoms with Gasteiger partial charge < -0.3 is 15.2 Å². The predicted molar refractivity (Wildman–Crippen MR) is 86.3 cm³/mol. The van der Waals surface area contributed by atoms with Crippen molar-refractivity contribution in [2.45, 2.75) is 38.3 Å². The van der Waals surface area contributed by atoms with Crippen LogP contribution in [0.25, 0.3) is 10.8 Å². The minimum absolute atomic E-state index is 0.0759. The lowest BCUT2D eigenvalue weighted by Crippen LogP contribution is -2.39. The fourth-order valence-corrected chi connectivity index (χ4v) is 2.65. The molecule has 1 aliphatic rings. The first-order valence-electron chi connectivity index (χ1n) is 7.48. The molecule has 1 saturated carbocycles. The summed E-state index contributed by atoms with van der Waals surface area (Å²) in [6, 6.07) is 1.82. The Labute approximate surface area is 134 Å². The highest BCUT2D eigenvalue weighted by molar-refractivity contribution is 6.30. The zero-order valence-corrected chi connectivity index (χ0v) is 13.5. The van der Waals surface area contributed by atoms with E-state index < -0.39 is 5.54 Å². The molecule has 0 unspecified atom stereocenters. The molecule has 2 aromatic rings. The van der Waals surface area contributed by atoms with Gasteiger partial charge in [0, 0.05) is 23.5 Å². The first-order chi connectivity index (χ1) is 10.5. The van der Waals surface area contributed by atoms with Crippen LogP contribution in [0, 0.1) is 0 Å². The van der Waals surface area contributed by atoms with Gasteiger partial charge in [-0.05, 0) is 32.8 Å². The van der Waals surface area contributed by atoms with Gasteiger partial charge in [-0.1, -0.05) is 11.6 Å². The number of aliphatic hydroxyl groups excluding tert-OH is 1. The van der Waals surface area contributed by atoms with Gasteiger partial charge in [0.15, 0.2) is 0 Å². The monoisotopic (exact) mass is 321 g/mol. The highest BCUT2D eigenvalue weighted by atomic mass is 35.5. The third-order valence-electron chi connectivity index (χ3n) is 3.79. The summed E-state index contributed by atoms with van der Waals surface area (Å²) in [4.78, 5) is 8.78. The minimum atomic E-state index is -0.399. The summed E-state index contributed by atoms with van der Waals surface area (Å²) in [7, 11) is 0. The Bertz CT molecular complexity index is 686. The average molecular weight is 322 g/mol. The fraction of sp³-hybridized carbons (Fsp3) is 0.500. The maximum atomic E-state index is 9.05. The molecule has 0 saturated heterocycles. The number of nitrogens with zero attached hydrogens (tertiary/aromatic N) is 2. The molecule has 0 atom stereocenters. The highest BCUT2D eigenvalue weighted by Crippen LogP contribution is 2.35. The number of hydrogen-bond acceptors (Lipinski definition) is 5. The second kappa shape index (κ2) is 5.99. The van der Waals surface area contributed by atoms with Gasteiger partial charge in [0.05, 0.1) is 30.1 Å². The van der Waals surface area contributed by atoms with E-state index in [1.165, 1.54) is 0 Å². The normalized spacial score (nSPS) is 15.3. The lowest BCUT2D eigenvalue weighted by Gasteiger charge is -2.27. The van der Waals surface area contributed by atoms with Crippen molar-refractivity contribution in [1.29, 1.82) is 0 Å². The van der Waals surface area contributed by atoms with E-state index in [1.807, 2.05) is 19.9 Å². The van der Waals surface area contributed by atoms with Gasteiger partial charge in [-0.25, -0.2) is 4.98 Å². The number of hydrogen-bond donors (Lipinski definition) is 2. The number of halogens is 1. The summed E-state index contributed by atoms with van der Waals surface area (Å²) in [5.74, 6) is 0.753.